The Morgan fingerprint density at radius 2 is 2.08 bits per heavy atom. The van der Waals surface area contributed by atoms with Crippen molar-refractivity contribution >= 4 is 22.1 Å². The molecule has 1 spiro atoms. The summed E-state index contributed by atoms with van der Waals surface area (Å²) in [6, 6.07) is 5.14. The normalized spacial score (nSPS) is 31.5. The summed E-state index contributed by atoms with van der Waals surface area (Å²) < 4.78 is 6.16. The Labute approximate surface area is 221 Å². The third-order valence-electron chi connectivity index (χ3n) is 9.47. The molecule has 1 saturated heterocycles. The molecular weight excluding hydrogens is 484 g/mol. The molecule has 6 rings (SSSR count). The van der Waals surface area contributed by atoms with Crippen molar-refractivity contribution in [1.29, 1.82) is 5.26 Å². The zero-order valence-corrected chi connectivity index (χ0v) is 22.5. The van der Waals surface area contributed by atoms with Crippen LogP contribution in [-0.4, -0.2) is 45.9 Å². The van der Waals surface area contributed by atoms with E-state index in [0.717, 1.165) is 60.8 Å². The van der Waals surface area contributed by atoms with E-state index in [0.29, 0.717) is 46.0 Å². The van der Waals surface area contributed by atoms with Crippen LogP contribution in [0.25, 0.3) is 0 Å². The van der Waals surface area contributed by atoms with Crippen molar-refractivity contribution in [3.05, 3.63) is 45.2 Å². The number of hydrogen-bond acceptors (Lipinski definition) is 9. The summed E-state index contributed by atoms with van der Waals surface area (Å²) in [7, 11) is 2.17. The molecule has 0 amide bonds. The van der Waals surface area contributed by atoms with Gasteiger partial charge in [-0.2, -0.15) is 10.2 Å². The van der Waals surface area contributed by atoms with Crippen molar-refractivity contribution in [2.45, 2.75) is 82.4 Å². The molecule has 37 heavy (non-hydrogen) atoms. The van der Waals surface area contributed by atoms with Crippen LogP contribution in [0.1, 0.15) is 78.9 Å². The van der Waals surface area contributed by atoms with Gasteiger partial charge in [0.05, 0.1) is 5.56 Å². The number of likely N-dealkylation sites (tertiary alicyclic amines) is 1. The quantitative estimate of drug-likeness (QED) is 0.569. The lowest BCUT2D eigenvalue weighted by Gasteiger charge is -2.42. The number of likely N-dealkylation sites (N-methyl/N-ethyl adjacent to an activating group) is 1. The zero-order chi connectivity index (χ0) is 26.1. The molecule has 2 aromatic rings. The van der Waals surface area contributed by atoms with Gasteiger partial charge in [-0.05, 0) is 82.4 Å². The molecule has 1 aliphatic heterocycles. The molecule has 6 atom stereocenters. The minimum atomic E-state index is -0.512. The summed E-state index contributed by atoms with van der Waals surface area (Å²) in [5, 5.41) is 10.4. The summed E-state index contributed by atoms with van der Waals surface area (Å²) in [6.45, 7) is 4.37. The molecule has 194 valence electrons. The van der Waals surface area contributed by atoms with Crippen molar-refractivity contribution in [2.75, 3.05) is 12.8 Å². The number of anilines is 1. The van der Waals surface area contributed by atoms with Gasteiger partial charge in [0.15, 0.2) is 0 Å². The standard InChI is InChI=1S/C28H34N6O2S/c1-14-17-12-20(34(3)23(14)17)15(2)36-27-32-11-8-19(33-27)24(35)16-6-4-9-28(25(16)30)10-5-7-21-22(28)18(13-29)26(31)37-21/h8,11,14-15,17,20,23H,4-7,9-10,12,30-31H2,1-3H3/t14-,15-,17+,20-,23-,28-/m0/s1. The number of nitrogens with two attached hydrogens (primary N) is 2. The molecule has 0 bridgehead atoms. The summed E-state index contributed by atoms with van der Waals surface area (Å²) in [5.41, 5.74) is 15.5. The van der Waals surface area contributed by atoms with E-state index in [2.05, 4.69) is 41.8 Å². The number of rotatable bonds is 5. The lowest BCUT2D eigenvalue weighted by atomic mass is 9.62. The SMILES string of the molecule is C[C@H]1[C@H]2C[C@@H]([C@H](C)Oc3nccc(C(=O)C4=C(N)[C@@]5(CCC4)CCCc4sc(N)c(C#N)c45)n3)N(C)[C@@H]12. The number of nitrogens with zero attached hydrogens (tertiary/aromatic N) is 4. The van der Waals surface area contributed by atoms with Gasteiger partial charge < -0.3 is 16.2 Å². The summed E-state index contributed by atoms with van der Waals surface area (Å²) in [5.74, 6) is 1.33. The number of allylic oxidation sites excluding steroid dienone is 2. The van der Waals surface area contributed by atoms with Crippen LogP contribution >= 0.6 is 11.3 Å². The minimum Gasteiger partial charge on any atom is -0.459 e. The Kier molecular flexibility index (Phi) is 5.81. The van der Waals surface area contributed by atoms with Gasteiger partial charge in [-0.25, -0.2) is 4.98 Å². The highest BCUT2D eigenvalue weighted by Gasteiger charge is 2.58. The van der Waals surface area contributed by atoms with Crippen LogP contribution in [0, 0.1) is 23.2 Å². The number of carbonyl (C=O) groups is 1. The number of thiophene rings is 1. The van der Waals surface area contributed by atoms with E-state index in [4.69, 9.17) is 16.2 Å². The maximum atomic E-state index is 13.8. The Morgan fingerprint density at radius 1 is 1.32 bits per heavy atom. The number of Topliss-reactive ketones (excluding diaryl/α,β-unsaturated/α-hetero) is 1. The topological polar surface area (TPSA) is 131 Å². The van der Waals surface area contributed by atoms with Crippen LogP contribution in [0.15, 0.2) is 23.5 Å². The first-order valence-electron chi connectivity index (χ1n) is 13.3. The number of piperidine rings is 1. The van der Waals surface area contributed by atoms with Crippen LogP contribution in [0.2, 0.25) is 0 Å². The van der Waals surface area contributed by atoms with Crippen molar-refractivity contribution in [1.82, 2.24) is 14.9 Å². The minimum absolute atomic E-state index is 0.0771. The van der Waals surface area contributed by atoms with Crippen LogP contribution in [0.4, 0.5) is 5.00 Å². The number of fused-ring (bicyclic) bond motifs is 3. The first kappa shape index (κ1) is 24.4. The lowest BCUT2D eigenvalue weighted by Crippen LogP contribution is -2.41. The lowest BCUT2D eigenvalue weighted by molar-refractivity contribution is 0.0910. The number of hydrogen-bond donors (Lipinski definition) is 2. The third kappa shape index (κ3) is 3.68. The monoisotopic (exact) mass is 518 g/mol. The number of aromatic nitrogens is 2. The Morgan fingerprint density at radius 3 is 2.78 bits per heavy atom. The van der Waals surface area contributed by atoms with Crippen LogP contribution in [-0.2, 0) is 11.8 Å². The van der Waals surface area contributed by atoms with Gasteiger partial charge in [0, 0.05) is 39.8 Å². The Bertz CT molecular complexity index is 1340. The summed E-state index contributed by atoms with van der Waals surface area (Å²) >= 11 is 1.49. The molecule has 8 nitrogen and oxygen atoms in total. The fourth-order valence-electron chi connectivity index (χ4n) is 7.51. The first-order valence-corrected chi connectivity index (χ1v) is 14.2. The van der Waals surface area contributed by atoms with E-state index in [1.165, 1.54) is 11.3 Å². The molecule has 2 fully saturated rings. The highest BCUT2D eigenvalue weighted by Crippen LogP contribution is 2.54. The number of ether oxygens (including phenoxy) is 1. The highest BCUT2D eigenvalue weighted by molar-refractivity contribution is 7.16. The van der Waals surface area contributed by atoms with Gasteiger partial charge in [-0.15, -0.1) is 11.3 Å². The van der Waals surface area contributed by atoms with E-state index >= 15 is 0 Å². The Hall–Kier alpha value is -2.96. The van der Waals surface area contributed by atoms with E-state index in [1.54, 1.807) is 12.3 Å². The van der Waals surface area contributed by atoms with Crippen molar-refractivity contribution in [3.63, 3.8) is 0 Å². The average Bonchev–Trinajstić information content (AvgIpc) is 3.19. The number of carbonyl (C=O) groups excluding carboxylic acids is 1. The molecule has 0 radical (unpaired) electrons. The number of nitriles is 1. The fourth-order valence-corrected chi connectivity index (χ4v) is 8.67. The average molecular weight is 519 g/mol. The maximum absolute atomic E-state index is 13.8. The first-order chi connectivity index (χ1) is 17.8. The molecule has 9 heteroatoms. The van der Waals surface area contributed by atoms with Crippen molar-refractivity contribution in [2.24, 2.45) is 17.6 Å². The Balaban J connectivity index is 1.28. The van der Waals surface area contributed by atoms with Gasteiger partial charge in [-0.3, -0.25) is 9.69 Å². The second-order valence-corrected chi connectivity index (χ2v) is 12.4. The van der Waals surface area contributed by atoms with Crippen LogP contribution in [0.3, 0.4) is 0 Å². The molecule has 4 N–H and O–H groups in total. The van der Waals surface area contributed by atoms with Gasteiger partial charge >= 0.3 is 6.01 Å². The second-order valence-electron chi connectivity index (χ2n) is 11.3. The van der Waals surface area contributed by atoms with Crippen LogP contribution in [0.5, 0.6) is 6.01 Å². The second kappa shape index (κ2) is 8.81. The molecule has 4 aliphatic rings. The van der Waals surface area contributed by atoms with E-state index < -0.39 is 5.41 Å². The zero-order valence-electron chi connectivity index (χ0n) is 21.7. The third-order valence-corrected chi connectivity index (χ3v) is 10.5. The molecule has 0 unspecified atom stereocenters. The fraction of sp³-hybridized carbons (Fsp3) is 0.571. The molecule has 2 aromatic heterocycles. The van der Waals surface area contributed by atoms with Crippen molar-refractivity contribution in [3.8, 4) is 12.1 Å². The van der Waals surface area contributed by atoms with Gasteiger partial charge in [-0.1, -0.05) is 6.92 Å². The largest absolute Gasteiger partial charge is 0.459 e. The van der Waals surface area contributed by atoms with Gasteiger partial charge in [0.2, 0.25) is 5.78 Å². The van der Waals surface area contributed by atoms with Gasteiger partial charge in [0.25, 0.3) is 0 Å². The number of ketones is 1. The van der Waals surface area contributed by atoms with E-state index in [-0.39, 0.29) is 17.9 Å². The highest BCUT2D eigenvalue weighted by atomic mass is 32.1. The van der Waals surface area contributed by atoms with E-state index in [9.17, 15) is 10.1 Å². The van der Waals surface area contributed by atoms with Crippen molar-refractivity contribution < 1.29 is 9.53 Å². The van der Waals surface area contributed by atoms with E-state index in [1.807, 2.05) is 0 Å². The number of aryl methyl sites for hydroxylation is 1. The molecule has 1 saturated carbocycles. The molecule has 0 aromatic carbocycles. The predicted octanol–water partition coefficient (Wildman–Crippen LogP) is 3.95. The number of nitrogen functional groups attached to an aromatic ring is 1. The summed E-state index contributed by atoms with van der Waals surface area (Å²) in [6.07, 6.45) is 7.53. The van der Waals surface area contributed by atoms with Crippen LogP contribution < -0.4 is 16.2 Å². The molecule has 3 heterocycles. The smallest absolute Gasteiger partial charge is 0.317 e. The predicted molar refractivity (Wildman–Crippen MR) is 142 cm³/mol. The van der Waals surface area contributed by atoms with Gasteiger partial charge in [0.1, 0.15) is 22.9 Å². The molecular formula is C28H34N6O2S. The summed E-state index contributed by atoms with van der Waals surface area (Å²) in [4.78, 5) is 26.1. The molecule has 3 aliphatic carbocycles. The maximum Gasteiger partial charge on any atom is 0.317 e.